The van der Waals surface area contributed by atoms with Crippen molar-refractivity contribution < 1.29 is 0 Å². The molecule has 0 aromatic carbocycles. The van der Waals surface area contributed by atoms with Gasteiger partial charge in [0.15, 0.2) is 0 Å². The molecule has 18 heavy (non-hydrogen) atoms. The Morgan fingerprint density at radius 1 is 1.33 bits per heavy atom. The minimum atomic E-state index is 0.0447. The topological polar surface area (TPSA) is 44.9 Å². The van der Waals surface area contributed by atoms with Crippen molar-refractivity contribution in [3.63, 3.8) is 0 Å². The number of hydrogen-bond donors (Lipinski definition) is 2. The summed E-state index contributed by atoms with van der Waals surface area (Å²) in [6, 6.07) is 0.618. The largest absolute Gasteiger partial charge is 0.315 e. The molecule has 0 bridgehead atoms. The summed E-state index contributed by atoms with van der Waals surface area (Å²) in [5.74, 6) is 0.858. The fourth-order valence-corrected chi connectivity index (χ4v) is 3.40. The van der Waals surface area contributed by atoms with Gasteiger partial charge in [0.1, 0.15) is 0 Å². The van der Waals surface area contributed by atoms with Crippen LogP contribution in [0.2, 0.25) is 0 Å². The normalized spacial score (nSPS) is 25.3. The zero-order valence-electron chi connectivity index (χ0n) is 11.6. The molecule has 1 saturated carbocycles. The van der Waals surface area contributed by atoms with E-state index in [2.05, 4.69) is 31.1 Å². The van der Waals surface area contributed by atoms with Crippen LogP contribution in [0.15, 0.2) is 10.2 Å². The summed E-state index contributed by atoms with van der Waals surface area (Å²) in [5, 5.41) is 5.47. The van der Waals surface area contributed by atoms with Gasteiger partial charge in [-0.3, -0.25) is 4.79 Å². The Balaban J connectivity index is 1.75. The Kier molecular flexibility index (Phi) is 4.28. The van der Waals surface area contributed by atoms with Crippen molar-refractivity contribution in [1.82, 2.24) is 10.3 Å². The maximum absolute atomic E-state index is 11.0. The lowest BCUT2D eigenvalue weighted by Gasteiger charge is -2.37. The van der Waals surface area contributed by atoms with Crippen molar-refractivity contribution in [2.24, 2.45) is 11.3 Å². The maximum Gasteiger partial charge on any atom is 0.304 e. The van der Waals surface area contributed by atoms with Crippen LogP contribution in [0.3, 0.4) is 0 Å². The Morgan fingerprint density at radius 3 is 2.50 bits per heavy atom. The summed E-state index contributed by atoms with van der Waals surface area (Å²) < 4.78 is 0. The third-order valence-corrected chi connectivity index (χ3v) is 4.82. The SMILES string of the molecule is CC(C)(C)C1CCC(NCc2csc(=O)[nH]2)CC1. The highest BCUT2D eigenvalue weighted by molar-refractivity contribution is 7.07. The summed E-state index contributed by atoms with van der Waals surface area (Å²) in [6.45, 7) is 7.84. The molecule has 0 saturated heterocycles. The average molecular weight is 268 g/mol. The maximum atomic E-state index is 11.0. The van der Waals surface area contributed by atoms with Crippen molar-refractivity contribution in [3.8, 4) is 0 Å². The summed E-state index contributed by atoms with van der Waals surface area (Å²) in [7, 11) is 0. The number of nitrogens with one attached hydrogen (secondary N) is 2. The molecule has 1 aromatic rings. The molecule has 1 heterocycles. The second-order valence-electron chi connectivity index (χ2n) is 6.47. The highest BCUT2D eigenvalue weighted by Gasteiger charge is 2.29. The van der Waals surface area contributed by atoms with E-state index in [1.165, 1.54) is 37.0 Å². The highest BCUT2D eigenvalue weighted by atomic mass is 32.1. The molecule has 0 aliphatic heterocycles. The van der Waals surface area contributed by atoms with Crippen LogP contribution in [0.1, 0.15) is 52.1 Å². The van der Waals surface area contributed by atoms with Gasteiger partial charge in [-0.15, -0.1) is 0 Å². The van der Waals surface area contributed by atoms with Gasteiger partial charge in [-0.25, -0.2) is 0 Å². The first-order valence-corrected chi connectivity index (χ1v) is 7.73. The predicted octanol–water partition coefficient (Wildman–Crippen LogP) is 3.13. The Hall–Kier alpha value is -0.610. The molecule has 0 radical (unpaired) electrons. The second-order valence-corrected chi connectivity index (χ2v) is 7.31. The number of aromatic amines is 1. The Bertz CT molecular complexity index is 421. The number of aromatic nitrogens is 1. The molecule has 1 aliphatic rings. The fourth-order valence-electron chi connectivity index (χ4n) is 2.82. The molecular formula is C14H24N2OS. The van der Waals surface area contributed by atoms with E-state index in [9.17, 15) is 4.79 Å². The molecule has 1 aromatic heterocycles. The van der Waals surface area contributed by atoms with Crippen LogP contribution >= 0.6 is 11.3 Å². The summed E-state index contributed by atoms with van der Waals surface area (Å²) in [4.78, 5) is 13.9. The molecule has 1 aliphatic carbocycles. The predicted molar refractivity (Wildman–Crippen MR) is 77.0 cm³/mol. The number of hydrogen-bond acceptors (Lipinski definition) is 3. The molecule has 0 unspecified atom stereocenters. The lowest BCUT2D eigenvalue weighted by molar-refractivity contribution is 0.159. The van der Waals surface area contributed by atoms with Crippen LogP contribution in [0, 0.1) is 11.3 Å². The molecule has 102 valence electrons. The lowest BCUT2D eigenvalue weighted by atomic mass is 9.71. The van der Waals surface area contributed by atoms with Gasteiger partial charge in [-0.05, 0) is 37.0 Å². The second kappa shape index (κ2) is 5.57. The molecule has 2 N–H and O–H groups in total. The van der Waals surface area contributed by atoms with Crippen LogP contribution in [0.5, 0.6) is 0 Å². The van der Waals surface area contributed by atoms with Crippen LogP contribution in [0.4, 0.5) is 0 Å². The van der Waals surface area contributed by atoms with Gasteiger partial charge in [-0.2, -0.15) is 0 Å². The third-order valence-electron chi connectivity index (χ3n) is 4.10. The summed E-state index contributed by atoms with van der Waals surface area (Å²) in [6.07, 6.45) is 5.16. The van der Waals surface area contributed by atoms with E-state index in [-0.39, 0.29) is 4.87 Å². The van der Waals surface area contributed by atoms with Crippen molar-refractivity contribution in [1.29, 1.82) is 0 Å². The van der Waals surface area contributed by atoms with E-state index in [0.29, 0.717) is 11.5 Å². The first-order valence-electron chi connectivity index (χ1n) is 6.85. The quantitative estimate of drug-likeness (QED) is 0.884. The van der Waals surface area contributed by atoms with E-state index in [1.54, 1.807) is 0 Å². The molecule has 4 heteroatoms. The van der Waals surface area contributed by atoms with Gasteiger partial charge in [0.05, 0.1) is 0 Å². The first kappa shape index (κ1) is 13.8. The van der Waals surface area contributed by atoms with Gasteiger partial charge < -0.3 is 10.3 Å². The van der Waals surface area contributed by atoms with E-state index in [4.69, 9.17) is 0 Å². The molecule has 2 rings (SSSR count). The molecule has 0 amide bonds. The van der Waals surface area contributed by atoms with Crippen LogP contribution in [0.25, 0.3) is 0 Å². The minimum Gasteiger partial charge on any atom is -0.315 e. The average Bonchev–Trinajstić information content (AvgIpc) is 2.72. The van der Waals surface area contributed by atoms with E-state index < -0.39 is 0 Å². The van der Waals surface area contributed by atoms with Crippen molar-refractivity contribution in [2.75, 3.05) is 0 Å². The monoisotopic (exact) mass is 268 g/mol. The van der Waals surface area contributed by atoms with Gasteiger partial charge in [0.25, 0.3) is 0 Å². The zero-order valence-corrected chi connectivity index (χ0v) is 12.4. The minimum absolute atomic E-state index is 0.0447. The molecule has 0 spiro atoms. The number of H-pyrrole nitrogens is 1. The Labute approximate surface area is 113 Å². The van der Waals surface area contributed by atoms with Crippen LogP contribution in [-0.4, -0.2) is 11.0 Å². The summed E-state index contributed by atoms with van der Waals surface area (Å²) in [5.41, 5.74) is 1.46. The van der Waals surface area contributed by atoms with Crippen LogP contribution < -0.4 is 10.2 Å². The lowest BCUT2D eigenvalue weighted by Crippen LogP contribution is -2.36. The van der Waals surface area contributed by atoms with Crippen molar-refractivity contribution >= 4 is 11.3 Å². The highest BCUT2D eigenvalue weighted by Crippen LogP contribution is 2.37. The molecule has 3 nitrogen and oxygen atoms in total. The molecular weight excluding hydrogens is 244 g/mol. The van der Waals surface area contributed by atoms with E-state index in [0.717, 1.165) is 18.2 Å². The first-order chi connectivity index (χ1) is 8.45. The van der Waals surface area contributed by atoms with Gasteiger partial charge in [-0.1, -0.05) is 32.1 Å². The van der Waals surface area contributed by atoms with Gasteiger partial charge >= 0.3 is 4.87 Å². The Morgan fingerprint density at radius 2 is 2.00 bits per heavy atom. The van der Waals surface area contributed by atoms with E-state index >= 15 is 0 Å². The fraction of sp³-hybridized carbons (Fsp3) is 0.786. The van der Waals surface area contributed by atoms with Crippen LogP contribution in [-0.2, 0) is 6.54 Å². The standard InChI is InChI=1S/C14H24N2OS/c1-14(2,3)10-4-6-11(7-5-10)15-8-12-9-18-13(17)16-12/h9-11,15H,4-8H2,1-3H3,(H,16,17). The van der Waals surface area contributed by atoms with E-state index in [1.807, 2.05) is 5.38 Å². The third kappa shape index (κ3) is 3.69. The smallest absolute Gasteiger partial charge is 0.304 e. The molecule has 1 fully saturated rings. The zero-order chi connectivity index (χ0) is 13.2. The van der Waals surface area contributed by atoms with Gasteiger partial charge in [0.2, 0.25) is 0 Å². The number of rotatable bonds is 3. The molecule has 0 atom stereocenters. The number of thiazole rings is 1. The van der Waals surface area contributed by atoms with Crippen molar-refractivity contribution in [3.05, 3.63) is 20.7 Å². The van der Waals surface area contributed by atoms with Gasteiger partial charge in [0, 0.05) is 23.7 Å². The summed E-state index contributed by atoms with van der Waals surface area (Å²) >= 11 is 1.24. The van der Waals surface area contributed by atoms with Crippen molar-refractivity contribution in [2.45, 2.75) is 59.0 Å².